The zero-order chi connectivity index (χ0) is 27.5. The summed E-state index contributed by atoms with van der Waals surface area (Å²) >= 11 is 0. The second kappa shape index (κ2) is 19.5. The van der Waals surface area contributed by atoms with Crippen LogP contribution >= 0.6 is 0 Å². The van der Waals surface area contributed by atoms with Crippen LogP contribution in [0.1, 0.15) is 90.4 Å². The van der Waals surface area contributed by atoms with Gasteiger partial charge in [-0.05, 0) is 58.0 Å². The molecule has 1 aromatic rings. The summed E-state index contributed by atoms with van der Waals surface area (Å²) in [7, 11) is 2.14. The van der Waals surface area contributed by atoms with Crippen molar-refractivity contribution in [2.45, 2.75) is 86.1 Å². The van der Waals surface area contributed by atoms with Gasteiger partial charge in [0, 0.05) is 31.6 Å². The van der Waals surface area contributed by atoms with Gasteiger partial charge in [0.1, 0.15) is 5.78 Å². The number of ketones is 2. The second-order valence-corrected chi connectivity index (χ2v) is 9.33. The molecule has 0 aliphatic carbocycles. The molecule has 0 amide bonds. The van der Waals surface area contributed by atoms with E-state index in [-0.39, 0.29) is 11.8 Å². The Bertz CT molecular complexity index is 855. The van der Waals surface area contributed by atoms with Gasteiger partial charge in [0.2, 0.25) is 0 Å². The lowest BCUT2D eigenvalue weighted by Crippen LogP contribution is -2.52. The maximum absolute atomic E-state index is 11.5. The number of anilines is 2. The number of unbranched alkanes of at least 4 members (excludes halogenated alkanes) is 3. The summed E-state index contributed by atoms with van der Waals surface area (Å²) in [4.78, 5) is 26.4. The predicted molar refractivity (Wildman–Crippen MR) is 158 cm³/mol. The van der Waals surface area contributed by atoms with Crippen LogP contribution in [0.4, 0.5) is 11.4 Å². The molecule has 0 bridgehead atoms. The molecule has 1 atom stereocenters. The average Bonchev–Trinajstić information content (AvgIpc) is 2.84. The predicted octanol–water partition coefficient (Wildman–Crippen LogP) is 7.24. The molecule has 0 radical (unpaired) electrons. The molecule has 0 spiro atoms. The number of benzene rings is 1. The van der Waals surface area contributed by atoms with Gasteiger partial charge in [-0.15, -0.1) is 0 Å². The number of nitrogens with two attached hydrogens (primary N) is 1. The zero-order valence-electron chi connectivity index (χ0n) is 24.0. The summed E-state index contributed by atoms with van der Waals surface area (Å²) in [6, 6.07) is 5.87. The molecule has 5 heteroatoms. The summed E-state index contributed by atoms with van der Waals surface area (Å²) in [6.45, 7) is 18.3. The minimum Gasteiger partial charge on any atom is -0.397 e. The second-order valence-electron chi connectivity index (χ2n) is 9.33. The van der Waals surface area contributed by atoms with Crippen LogP contribution in [-0.2, 0) is 4.79 Å². The largest absolute Gasteiger partial charge is 0.397 e. The number of allylic oxidation sites excluding steroid dienone is 3. The van der Waals surface area contributed by atoms with Gasteiger partial charge in [-0.2, -0.15) is 0 Å². The van der Waals surface area contributed by atoms with Crippen molar-refractivity contribution in [1.29, 1.82) is 0 Å². The van der Waals surface area contributed by atoms with Crippen molar-refractivity contribution in [3.05, 3.63) is 60.2 Å². The van der Waals surface area contributed by atoms with Crippen molar-refractivity contribution in [3.8, 4) is 0 Å². The first-order chi connectivity index (χ1) is 17.2. The Labute approximate surface area is 221 Å². The molecule has 1 aliphatic heterocycles. The number of nitrogen functional groups attached to an aromatic ring is 1. The smallest absolute Gasteiger partial charge is 0.159 e. The molecule has 36 heavy (non-hydrogen) atoms. The maximum Gasteiger partial charge on any atom is 0.159 e. The number of hydrogen-bond donors (Lipinski definition) is 1. The monoisotopic (exact) mass is 497 g/mol. The van der Waals surface area contributed by atoms with Gasteiger partial charge < -0.3 is 15.4 Å². The Kier molecular flexibility index (Phi) is 18.1. The molecule has 1 unspecified atom stereocenters. The van der Waals surface area contributed by atoms with E-state index in [4.69, 9.17) is 5.73 Å². The Balaban J connectivity index is 0.000000847. The summed E-state index contributed by atoms with van der Waals surface area (Å²) in [5.41, 5.74) is 9.76. The van der Waals surface area contributed by atoms with E-state index in [1.807, 2.05) is 25.1 Å². The number of nitrogens with zero attached hydrogens (tertiary/aromatic N) is 2. The highest BCUT2D eigenvalue weighted by Crippen LogP contribution is 2.28. The zero-order valence-corrected chi connectivity index (χ0v) is 24.0. The minimum atomic E-state index is 0.0359. The molecular formula is C31H51N3O2. The number of carbonyl (C=O) groups is 2. The number of hydrogen-bond acceptors (Lipinski definition) is 5. The van der Waals surface area contributed by atoms with Crippen molar-refractivity contribution in [2.75, 3.05) is 37.3 Å². The third-order valence-corrected chi connectivity index (χ3v) is 6.07. The van der Waals surface area contributed by atoms with E-state index in [2.05, 4.69) is 62.4 Å². The van der Waals surface area contributed by atoms with Gasteiger partial charge in [0.15, 0.2) is 5.78 Å². The first-order valence-corrected chi connectivity index (χ1v) is 13.5. The normalized spacial score (nSPS) is 16.0. The molecule has 1 aliphatic rings. The topological polar surface area (TPSA) is 66.6 Å². The molecule has 1 heterocycles. The van der Waals surface area contributed by atoms with Crippen LogP contribution in [0.5, 0.6) is 0 Å². The fraction of sp³-hybridized carbons (Fsp3) is 0.548. The van der Waals surface area contributed by atoms with Gasteiger partial charge in [-0.3, -0.25) is 9.69 Å². The van der Waals surface area contributed by atoms with Gasteiger partial charge in [0.25, 0.3) is 0 Å². The maximum atomic E-state index is 11.5. The van der Waals surface area contributed by atoms with Crippen molar-refractivity contribution in [1.82, 2.24) is 4.90 Å². The van der Waals surface area contributed by atoms with Crippen LogP contribution in [0, 0.1) is 0 Å². The number of carbonyl (C=O) groups excluding carboxylic acids is 2. The molecule has 1 fully saturated rings. The van der Waals surface area contributed by atoms with Crippen molar-refractivity contribution >= 4 is 22.9 Å². The van der Waals surface area contributed by atoms with E-state index in [9.17, 15) is 9.59 Å². The molecule has 0 saturated carbocycles. The van der Waals surface area contributed by atoms with Crippen molar-refractivity contribution in [2.24, 2.45) is 0 Å². The molecule has 0 aromatic heterocycles. The molecule has 202 valence electrons. The Morgan fingerprint density at radius 3 is 2.14 bits per heavy atom. The van der Waals surface area contributed by atoms with Gasteiger partial charge in [-0.1, -0.05) is 77.3 Å². The Hall–Kier alpha value is -2.66. The highest BCUT2D eigenvalue weighted by Gasteiger charge is 2.27. The fourth-order valence-corrected chi connectivity index (χ4v) is 3.90. The number of Topliss-reactive ketones (excluding diaryl/α,β-unsaturated/α-hetero) is 2. The SMILES string of the molecule is C=C/C=C(\C=C/C)C1CN(c2ccc(C(C)=O)cc2N)CCN1C.CCCCC.CCCCC(C)=O. The Morgan fingerprint density at radius 1 is 1.08 bits per heavy atom. The van der Waals surface area contributed by atoms with Gasteiger partial charge >= 0.3 is 0 Å². The summed E-state index contributed by atoms with van der Waals surface area (Å²) in [5.74, 6) is 0.343. The number of piperazine rings is 1. The lowest BCUT2D eigenvalue weighted by Gasteiger charge is -2.41. The van der Waals surface area contributed by atoms with E-state index >= 15 is 0 Å². The first kappa shape index (κ1) is 33.3. The molecular weight excluding hydrogens is 446 g/mol. The number of rotatable bonds is 10. The quantitative estimate of drug-likeness (QED) is 0.210. The van der Waals surface area contributed by atoms with Crippen molar-refractivity contribution < 1.29 is 9.59 Å². The van der Waals surface area contributed by atoms with E-state index in [0.717, 1.165) is 44.6 Å². The standard InChI is InChI=1S/C20H27N3O.C6H12O.C5H12/c1-5-7-16(8-6-2)20-14-23(12-11-22(20)4)19-10-9-17(15(3)24)13-18(19)21;1-3-4-5-6(2)7;1-3-5-4-2/h5-10,13,20H,1,11-12,14,21H2,2-4H3;3-5H2,1-2H3;3-5H2,1-2H3/b8-6-,16-7+;;. The third kappa shape index (κ3) is 12.9. The van der Waals surface area contributed by atoms with Crippen LogP contribution in [0.3, 0.4) is 0 Å². The third-order valence-electron chi connectivity index (χ3n) is 6.07. The lowest BCUT2D eigenvalue weighted by atomic mass is 10.0. The summed E-state index contributed by atoms with van der Waals surface area (Å²) in [6.07, 6.45) is 15.1. The number of likely N-dealkylation sites (N-methyl/N-ethyl adjacent to an activating group) is 1. The summed E-state index contributed by atoms with van der Waals surface area (Å²) < 4.78 is 0. The van der Waals surface area contributed by atoms with E-state index in [0.29, 0.717) is 17.0 Å². The summed E-state index contributed by atoms with van der Waals surface area (Å²) in [5, 5.41) is 0. The molecule has 2 rings (SSSR count). The van der Waals surface area contributed by atoms with E-state index in [1.54, 1.807) is 19.9 Å². The average molecular weight is 498 g/mol. The van der Waals surface area contributed by atoms with Crippen LogP contribution in [0.25, 0.3) is 0 Å². The van der Waals surface area contributed by atoms with E-state index < -0.39 is 0 Å². The highest BCUT2D eigenvalue weighted by molar-refractivity contribution is 5.96. The molecule has 1 aromatic carbocycles. The first-order valence-electron chi connectivity index (χ1n) is 13.5. The van der Waals surface area contributed by atoms with Crippen LogP contribution in [-0.4, -0.2) is 49.2 Å². The fourth-order valence-electron chi connectivity index (χ4n) is 3.90. The molecule has 1 saturated heterocycles. The van der Waals surface area contributed by atoms with Crippen LogP contribution in [0.2, 0.25) is 0 Å². The lowest BCUT2D eigenvalue weighted by molar-refractivity contribution is -0.117. The van der Waals surface area contributed by atoms with Crippen molar-refractivity contribution in [3.63, 3.8) is 0 Å². The molecule has 5 nitrogen and oxygen atoms in total. The van der Waals surface area contributed by atoms with Crippen LogP contribution < -0.4 is 10.6 Å². The van der Waals surface area contributed by atoms with Crippen LogP contribution in [0.15, 0.2) is 54.7 Å². The minimum absolute atomic E-state index is 0.0359. The van der Waals surface area contributed by atoms with Gasteiger partial charge in [-0.25, -0.2) is 0 Å². The Morgan fingerprint density at radius 2 is 1.72 bits per heavy atom. The van der Waals surface area contributed by atoms with Gasteiger partial charge in [0.05, 0.1) is 17.4 Å². The highest BCUT2D eigenvalue weighted by atomic mass is 16.1. The van der Waals surface area contributed by atoms with E-state index in [1.165, 1.54) is 24.8 Å². The molecule has 2 N–H and O–H groups in total.